The number of nitrogens with one attached hydrogen (secondary N) is 1. The van der Waals surface area contributed by atoms with Gasteiger partial charge < -0.3 is 10.1 Å². The lowest BCUT2D eigenvalue weighted by molar-refractivity contribution is -0.117. The maximum absolute atomic E-state index is 12.3. The van der Waals surface area contributed by atoms with Gasteiger partial charge in [0.2, 0.25) is 11.7 Å². The van der Waals surface area contributed by atoms with Gasteiger partial charge in [-0.15, -0.1) is 10.2 Å². The SMILES string of the molecule is CCOC(=O)c1cccc(NC(=O)Cn2nnc(-c3ccc(S(C)(=O)=O)cc3)n2)c1. The van der Waals surface area contributed by atoms with Crippen LogP contribution in [-0.4, -0.2) is 53.4 Å². The van der Waals surface area contributed by atoms with Crippen LogP contribution in [0.25, 0.3) is 11.4 Å². The summed E-state index contributed by atoms with van der Waals surface area (Å²) in [5.41, 5.74) is 1.33. The Morgan fingerprint density at radius 3 is 2.53 bits per heavy atom. The van der Waals surface area contributed by atoms with Crippen LogP contribution in [0.4, 0.5) is 5.69 Å². The molecule has 30 heavy (non-hydrogen) atoms. The molecule has 0 saturated heterocycles. The van der Waals surface area contributed by atoms with Crippen molar-refractivity contribution in [3.8, 4) is 11.4 Å². The summed E-state index contributed by atoms with van der Waals surface area (Å²) < 4.78 is 28.0. The Bertz CT molecular complexity index is 1170. The Kier molecular flexibility index (Phi) is 6.21. The van der Waals surface area contributed by atoms with Gasteiger partial charge in [0.05, 0.1) is 17.1 Å². The van der Waals surface area contributed by atoms with E-state index in [4.69, 9.17) is 4.74 Å². The van der Waals surface area contributed by atoms with Crippen LogP contribution < -0.4 is 5.32 Å². The molecule has 1 aromatic heterocycles. The molecule has 0 aliphatic heterocycles. The highest BCUT2D eigenvalue weighted by Crippen LogP contribution is 2.17. The highest BCUT2D eigenvalue weighted by atomic mass is 32.2. The molecule has 0 aliphatic rings. The fraction of sp³-hybridized carbons (Fsp3) is 0.211. The third kappa shape index (κ3) is 5.26. The first-order valence-electron chi connectivity index (χ1n) is 8.91. The highest BCUT2D eigenvalue weighted by molar-refractivity contribution is 7.90. The minimum atomic E-state index is -3.30. The van der Waals surface area contributed by atoms with Crippen molar-refractivity contribution in [3.05, 3.63) is 54.1 Å². The number of carbonyl (C=O) groups is 2. The predicted molar refractivity (Wildman–Crippen MR) is 107 cm³/mol. The number of benzene rings is 2. The fourth-order valence-corrected chi connectivity index (χ4v) is 3.17. The number of anilines is 1. The molecule has 2 aromatic carbocycles. The minimum Gasteiger partial charge on any atom is -0.462 e. The molecule has 0 atom stereocenters. The number of aromatic nitrogens is 4. The quantitative estimate of drug-likeness (QED) is 0.560. The third-order valence-electron chi connectivity index (χ3n) is 3.94. The van der Waals surface area contributed by atoms with Crippen molar-refractivity contribution >= 4 is 27.4 Å². The van der Waals surface area contributed by atoms with Crippen LogP contribution in [0.2, 0.25) is 0 Å². The van der Waals surface area contributed by atoms with Crippen molar-refractivity contribution in [2.75, 3.05) is 18.2 Å². The Morgan fingerprint density at radius 2 is 1.87 bits per heavy atom. The standard InChI is InChI=1S/C19H19N5O5S/c1-3-29-19(26)14-5-4-6-15(11-14)20-17(25)12-24-22-18(21-23-24)13-7-9-16(10-8-13)30(2,27)28/h4-11H,3,12H2,1-2H3,(H,20,25). The van der Waals surface area contributed by atoms with Crippen LogP contribution in [0.3, 0.4) is 0 Å². The molecular formula is C19H19N5O5S. The molecule has 0 bridgehead atoms. The zero-order valence-electron chi connectivity index (χ0n) is 16.3. The van der Waals surface area contributed by atoms with Gasteiger partial charge in [0.15, 0.2) is 9.84 Å². The van der Waals surface area contributed by atoms with Gasteiger partial charge in [-0.1, -0.05) is 6.07 Å². The lowest BCUT2D eigenvalue weighted by Gasteiger charge is -2.06. The average molecular weight is 429 g/mol. The molecule has 0 radical (unpaired) electrons. The number of tetrazole rings is 1. The monoisotopic (exact) mass is 429 g/mol. The van der Waals surface area contributed by atoms with E-state index in [0.717, 1.165) is 11.1 Å². The molecule has 0 unspecified atom stereocenters. The van der Waals surface area contributed by atoms with E-state index in [9.17, 15) is 18.0 Å². The van der Waals surface area contributed by atoms with Crippen molar-refractivity contribution in [2.45, 2.75) is 18.4 Å². The largest absolute Gasteiger partial charge is 0.462 e. The van der Waals surface area contributed by atoms with Gasteiger partial charge in [0.1, 0.15) is 6.54 Å². The maximum Gasteiger partial charge on any atom is 0.338 e. The van der Waals surface area contributed by atoms with Crippen molar-refractivity contribution in [1.29, 1.82) is 0 Å². The molecule has 1 N–H and O–H groups in total. The molecule has 156 valence electrons. The Morgan fingerprint density at radius 1 is 1.13 bits per heavy atom. The van der Waals surface area contributed by atoms with Crippen molar-refractivity contribution in [2.24, 2.45) is 0 Å². The lowest BCUT2D eigenvalue weighted by Crippen LogP contribution is -2.20. The second-order valence-electron chi connectivity index (χ2n) is 6.29. The zero-order chi connectivity index (χ0) is 21.7. The highest BCUT2D eigenvalue weighted by Gasteiger charge is 2.13. The predicted octanol–water partition coefficient (Wildman–Crippen LogP) is 1.56. The van der Waals surface area contributed by atoms with Crippen LogP contribution in [0.5, 0.6) is 0 Å². The Hall–Kier alpha value is -3.60. The van der Waals surface area contributed by atoms with E-state index in [-0.39, 0.29) is 23.9 Å². The van der Waals surface area contributed by atoms with E-state index < -0.39 is 21.7 Å². The van der Waals surface area contributed by atoms with Gasteiger partial charge in [-0.2, -0.15) is 4.80 Å². The zero-order valence-corrected chi connectivity index (χ0v) is 17.1. The summed E-state index contributed by atoms with van der Waals surface area (Å²) >= 11 is 0. The minimum absolute atomic E-state index is 0.183. The molecule has 3 aromatic rings. The summed E-state index contributed by atoms with van der Waals surface area (Å²) in [6, 6.07) is 12.4. The molecule has 10 nitrogen and oxygen atoms in total. The molecule has 0 saturated carbocycles. The lowest BCUT2D eigenvalue weighted by atomic mass is 10.2. The number of carbonyl (C=O) groups excluding carboxylic acids is 2. The first-order chi connectivity index (χ1) is 14.3. The summed E-state index contributed by atoms with van der Waals surface area (Å²) in [5, 5.41) is 14.5. The molecule has 3 rings (SSSR count). The molecule has 1 amide bonds. The van der Waals surface area contributed by atoms with Crippen LogP contribution in [0, 0.1) is 0 Å². The van der Waals surface area contributed by atoms with Crippen LogP contribution in [0.1, 0.15) is 17.3 Å². The van der Waals surface area contributed by atoms with Crippen LogP contribution >= 0.6 is 0 Å². The molecular weight excluding hydrogens is 410 g/mol. The first kappa shape index (κ1) is 21.1. The van der Waals surface area contributed by atoms with Gasteiger partial charge in [0, 0.05) is 17.5 Å². The number of ether oxygens (including phenoxy) is 1. The van der Waals surface area contributed by atoms with E-state index in [1.165, 1.54) is 18.2 Å². The topological polar surface area (TPSA) is 133 Å². The van der Waals surface area contributed by atoms with E-state index >= 15 is 0 Å². The summed E-state index contributed by atoms with van der Waals surface area (Å²) in [6.45, 7) is 1.77. The summed E-state index contributed by atoms with van der Waals surface area (Å²) in [5.74, 6) is -0.627. The average Bonchev–Trinajstić information content (AvgIpc) is 3.16. The summed E-state index contributed by atoms with van der Waals surface area (Å²) in [6.07, 6.45) is 1.12. The number of nitrogens with zero attached hydrogens (tertiary/aromatic N) is 4. The smallest absolute Gasteiger partial charge is 0.338 e. The number of hydrogen-bond acceptors (Lipinski definition) is 8. The number of amides is 1. The number of hydrogen-bond donors (Lipinski definition) is 1. The van der Waals surface area contributed by atoms with Crippen molar-refractivity contribution in [1.82, 2.24) is 20.2 Å². The van der Waals surface area contributed by atoms with Gasteiger partial charge in [-0.05, 0) is 54.6 Å². The second kappa shape index (κ2) is 8.82. The fourth-order valence-electron chi connectivity index (χ4n) is 2.54. The first-order valence-corrected chi connectivity index (χ1v) is 10.8. The van der Waals surface area contributed by atoms with E-state index in [1.54, 1.807) is 37.3 Å². The van der Waals surface area contributed by atoms with Gasteiger partial charge >= 0.3 is 5.97 Å². The molecule has 0 aliphatic carbocycles. The van der Waals surface area contributed by atoms with Crippen LogP contribution in [0.15, 0.2) is 53.4 Å². The van der Waals surface area contributed by atoms with E-state index in [2.05, 4.69) is 20.7 Å². The van der Waals surface area contributed by atoms with Gasteiger partial charge in [-0.25, -0.2) is 13.2 Å². The van der Waals surface area contributed by atoms with Gasteiger partial charge in [-0.3, -0.25) is 4.79 Å². The normalized spacial score (nSPS) is 11.1. The van der Waals surface area contributed by atoms with Crippen LogP contribution in [-0.2, 0) is 25.9 Å². The number of rotatable bonds is 7. The number of esters is 1. The van der Waals surface area contributed by atoms with E-state index in [0.29, 0.717) is 16.8 Å². The molecule has 1 heterocycles. The molecule has 11 heteroatoms. The van der Waals surface area contributed by atoms with Crippen molar-refractivity contribution < 1.29 is 22.7 Å². The molecule has 0 spiro atoms. The molecule has 0 fully saturated rings. The Balaban J connectivity index is 1.65. The maximum atomic E-state index is 12.3. The summed E-state index contributed by atoms with van der Waals surface area (Å²) in [7, 11) is -3.30. The summed E-state index contributed by atoms with van der Waals surface area (Å²) in [4.78, 5) is 25.4. The third-order valence-corrected chi connectivity index (χ3v) is 5.06. The van der Waals surface area contributed by atoms with Crippen molar-refractivity contribution in [3.63, 3.8) is 0 Å². The van der Waals surface area contributed by atoms with E-state index in [1.807, 2.05) is 0 Å². The van der Waals surface area contributed by atoms with Gasteiger partial charge in [0.25, 0.3) is 0 Å². The number of sulfone groups is 1. The Labute approximate surface area is 172 Å². The second-order valence-corrected chi connectivity index (χ2v) is 8.31.